The van der Waals surface area contributed by atoms with Crippen LogP contribution in [0.15, 0.2) is 18.2 Å². The third kappa shape index (κ3) is 4.68. The lowest BCUT2D eigenvalue weighted by Gasteiger charge is -2.14. The van der Waals surface area contributed by atoms with Gasteiger partial charge in [0, 0.05) is 11.6 Å². The van der Waals surface area contributed by atoms with E-state index in [4.69, 9.17) is 20.3 Å². The Balaban J connectivity index is 2.52. The van der Waals surface area contributed by atoms with Crippen molar-refractivity contribution in [1.82, 2.24) is 0 Å². The van der Waals surface area contributed by atoms with Crippen LogP contribution in [0.4, 0.5) is 4.39 Å². The molecule has 1 atom stereocenters. The molecule has 0 aliphatic carbocycles. The van der Waals surface area contributed by atoms with Gasteiger partial charge in [-0.2, -0.15) is 0 Å². The summed E-state index contributed by atoms with van der Waals surface area (Å²) < 4.78 is 23.5. The van der Waals surface area contributed by atoms with Crippen LogP contribution < -0.4 is 10.5 Å². The molecule has 1 rings (SSSR count). The lowest BCUT2D eigenvalue weighted by atomic mass is 10.1. The Morgan fingerprint density at radius 1 is 1.35 bits per heavy atom. The van der Waals surface area contributed by atoms with Crippen molar-refractivity contribution < 1.29 is 19.0 Å². The van der Waals surface area contributed by atoms with Crippen LogP contribution in [0.5, 0.6) is 5.75 Å². The number of aliphatic hydroxyl groups excluding tert-OH is 1. The van der Waals surface area contributed by atoms with E-state index in [0.29, 0.717) is 24.5 Å². The maximum Gasteiger partial charge on any atom is 0.124 e. The zero-order valence-electron chi connectivity index (χ0n) is 9.86. The van der Waals surface area contributed by atoms with Gasteiger partial charge in [-0.3, -0.25) is 0 Å². The van der Waals surface area contributed by atoms with Crippen LogP contribution in [0, 0.1) is 5.82 Å². The maximum atomic E-state index is 13.0. The Labute approximate surface area is 100 Å². The Morgan fingerprint density at radius 3 is 2.76 bits per heavy atom. The minimum absolute atomic E-state index is 0.0123. The molecule has 1 aromatic rings. The quantitative estimate of drug-likeness (QED) is 0.707. The molecule has 96 valence electrons. The summed E-state index contributed by atoms with van der Waals surface area (Å²) in [4.78, 5) is 0. The van der Waals surface area contributed by atoms with E-state index < -0.39 is 0 Å². The van der Waals surface area contributed by atoms with Crippen LogP contribution in [-0.2, 0) is 4.74 Å². The molecule has 4 nitrogen and oxygen atoms in total. The second-order valence-electron chi connectivity index (χ2n) is 3.66. The van der Waals surface area contributed by atoms with Gasteiger partial charge in [-0.25, -0.2) is 4.39 Å². The molecule has 0 aromatic heterocycles. The normalized spacial score (nSPS) is 12.5. The van der Waals surface area contributed by atoms with E-state index in [1.165, 1.54) is 12.1 Å². The molecular weight excluding hydrogens is 225 g/mol. The second-order valence-corrected chi connectivity index (χ2v) is 3.66. The summed E-state index contributed by atoms with van der Waals surface area (Å²) in [6.07, 6.45) is 0. The summed E-state index contributed by atoms with van der Waals surface area (Å²) in [7, 11) is 0. The predicted octanol–water partition coefficient (Wildman–Crippen LogP) is 1.23. The lowest BCUT2D eigenvalue weighted by molar-refractivity contribution is 0.0702. The highest BCUT2D eigenvalue weighted by Crippen LogP contribution is 2.24. The third-order valence-corrected chi connectivity index (χ3v) is 2.18. The third-order valence-electron chi connectivity index (χ3n) is 2.18. The van der Waals surface area contributed by atoms with Crippen molar-refractivity contribution in [1.29, 1.82) is 0 Å². The van der Waals surface area contributed by atoms with Crippen molar-refractivity contribution in [3.63, 3.8) is 0 Å². The minimum Gasteiger partial charge on any atom is -0.491 e. The van der Waals surface area contributed by atoms with Crippen LogP contribution in [0.1, 0.15) is 18.5 Å². The van der Waals surface area contributed by atoms with Gasteiger partial charge in [0.15, 0.2) is 0 Å². The second kappa shape index (κ2) is 7.21. The van der Waals surface area contributed by atoms with E-state index in [0.717, 1.165) is 0 Å². The van der Waals surface area contributed by atoms with Crippen molar-refractivity contribution in [3.05, 3.63) is 29.6 Å². The summed E-state index contributed by atoms with van der Waals surface area (Å²) in [5.41, 5.74) is 6.36. The zero-order valence-corrected chi connectivity index (χ0v) is 9.86. The highest BCUT2D eigenvalue weighted by atomic mass is 19.1. The first-order chi connectivity index (χ1) is 8.15. The van der Waals surface area contributed by atoms with Gasteiger partial charge in [0.25, 0.3) is 0 Å². The van der Waals surface area contributed by atoms with Crippen LogP contribution in [0.25, 0.3) is 0 Å². The summed E-state index contributed by atoms with van der Waals surface area (Å²) in [6.45, 7) is 2.75. The Morgan fingerprint density at radius 2 is 2.12 bits per heavy atom. The highest BCUT2D eigenvalue weighted by molar-refractivity contribution is 5.36. The molecule has 3 N–H and O–H groups in total. The maximum absolute atomic E-state index is 13.0. The molecule has 0 spiro atoms. The highest BCUT2D eigenvalue weighted by Gasteiger charge is 2.09. The van der Waals surface area contributed by atoms with Gasteiger partial charge in [-0.15, -0.1) is 0 Å². The van der Waals surface area contributed by atoms with E-state index >= 15 is 0 Å². The van der Waals surface area contributed by atoms with Gasteiger partial charge in [0.2, 0.25) is 0 Å². The molecule has 0 bridgehead atoms. The van der Waals surface area contributed by atoms with Crippen LogP contribution in [0.3, 0.4) is 0 Å². The Bertz CT molecular complexity index is 345. The fraction of sp³-hybridized carbons (Fsp3) is 0.500. The first-order valence-corrected chi connectivity index (χ1v) is 5.51. The summed E-state index contributed by atoms with van der Waals surface area (Å²) in [6, 6.07) is 3.96. The molecule has 0 radical (unpaired) electrons. The Kier molecular flexibility index (Phi) is 5.90. The predicted molar refractivity (Wildman–Crippen MR) is 62.4 cm³/mol. The van der Waals surface area contributed by atoms with Gasteiger partial charge in [-0.05, 0) is 25.1 Å². The molecule has 0 fully saturated rings. The van der Waals surface area contributed by atoms with Gasteiger partial charge in [0.1, 0.15) is 18.2 Å². The molecule has 1 aromatic carbocycles. The van der Waals surface area contributed by atoms with Crippen LogP contribution >= 0.6 is 0 Å². The number of hydrogen-bond donors (Lipinski definition) is 2. The Hall–Kier alpha value is -1.17. The molecule has 0 heterocycles. The zero-order chi connectivity index (χ0) is 12.7. The number of aliphatic hydroxyl groups is 1. The monoisotopic (exact) mass is 243 g/mol. The number of rotatable bonds is 7. The van der Waals surface area contributed by atoms with Gasteiger partial charge < -0.3 is 20.3 Å². The molecule has 0 amide bonds. The molecular formula is C12H18FNO3. The number of hydrogen-bond acceptors (Lipinski definition) is 4. The topological polar surface area (TPSA) is 64.7 Å². The molecule has 0 aliphatic heterocycles. The van der Waals surface area contributed by atoms with Crippen LogP contribution in [-0.4, -0.2) is 31.5 Å². The minimum atomic E-state index is -0.332. The van der Waals surface area contributed by atoms with E-state index in [2.05, 4.69) is 0 Å². The number of nitrogens with two attached hydrogens (primary N) is 1. The molecule has 5 heteroatoms. The van der Waals surface area contributed by atoms with Crippen molar-refractivity contribution in [2.75, 3.05) is 26.4 Å². The van der Waals surface area contributed by atoms with E-state index in [1.807, 2.05) is 0 Å². The average molecular weight is 243 g/mol. The fourth-order valence-corrected chi connectivity index (χ4v) is 1.38. The molecule has 0 unspecified atom stereocenters. The first kappa shape index (κ1) is 13.9. The summed E-state index contributed by atoms with van der Waals surface area (Å²) >= 11 is 0. The SMILES string of the molecule is C[C@@H](N)c1cc(F)ccc1OCCOCCO. The van der Waals surface area contributed by atoms with Crippen molar-refractivity contribution in [2.24, 2.45) is 5.73 Å². The smallest absolute Gasteiger partial charge is 0.124 e. The molecule has 0 saturated heterocycles. The fourth-order valence-electron chi connectivity index (χ4n) is 1.38. The first-order valence-electron chi connectivity index (χ1n) is 5.51. The molecule has 0 saturated carbocycles. The van der Waals surface area contributed by atoms with Crippen molar-refractivity contribution in [2.45, 2.75) is 13.0 Å². The molecule has 0 aliphatic rings. The summed E-state index contributed by atoms with van der Waals surface area (Å²) in [5.74, 6) is 0.232. The van der Waals surface area contributed by atoms with Gasteiger partial charge >= 0.3 is 0 Å². The standard InChI is InChI=1S/C12H18FNO3/c1-9(14)11-8-10(13)2-3-12(11)17-7-6-16-5-4-15/h2-3,8-9,15H,4-7,14H2,1H3/t9-/m1/s1. The van der Waals surface area contributed by atoms with E-state index in [1.54, 1.807) is 13.0 Å². The average Bonchev–Trinajstić information content (AvgIpc) is 2.30. The molecule has 17 heavy (non-hydrogen) atoms. The van der Waals surface area contributed by atoms with Crippen molar-refractivity contribution in [3.8, 4) is 5.75 Å². The van der Waals surface area contributed by atoms with E-state index in [9.17, 15) is 4.39 Å². The summed E-state index contributed by atoms with van der Waals surface area (Å²) in [5, 5.41) is 8.51. The van der Waals surface area contributed by atoms with E-state index in [-0.39, 0.29) is 25.1 Å². The number of benzene rings is 1. The number of halogens is 1. The van der Waals surface area contributed by atoms with Gasteiger partial charge in [-0.1, -0.05) is 0 Å². The number of ether oxygens (including phenoxy) is 2. The lowest BCUT2D eigenvalue weighted by Crippen LogP contribution is -2.12. The van der Waals surface area contributed by atoms with Crippen molar-refractivity contribution >= 4 is 0 Å². The largest absolute Gasteiger partial charge is 0.491 e. The van der Waals surface area contributed by atoms with Crippen LogP contribution in [0.2, 0.25) is 0 Å². The van der Waals surface area contributed by atoms with Gasteiger partial charge in [0.05, 0.1) is 19.8 Å².